The van der Waals surface area contributed by atoms with Crippen LogP contribution in [0, 0.1) is 6.92 Å². The molecule has 28 heavy (non-hydrogen) atoms. The Labute approximate surface area is 162 Å². The van der Waals surface area contributed by atoms with E-state index in [1.54, 1.807) is 11.8 Å². The number of benzene rings is 2. The third-order valence-electron chi connectivity index (χ3n) is 5.41. The molecule has 0 N–H and O–H groups in total. The highest BCUT2D eigenvalue weighted by molar-refractivity contribution is 5.62. The molecule has 8 nitrogen and oxygen atoms in total. The molecule has 3 aromatic rings. The van der Waals surface area contributed by atoms with Crippen molar-refractivity contribution < 1.29 is 14.2 Å². The average molecular weight is 379 g/mol. The van der Waals surface area contributed by atoms with Crippen molar-refractivity contribution in [1.29, 1.82) is 0 Å². The van der Waals surface area contributed by atoms with Gasteiger partial charge in [0, 0.05) is 12.1 Å². The van der Waals surface area contributed by atoms with Gasteiger partial charge in [-0.05, 0) is 54.6 Å². The Balaban J connectivity index is 1.69. The maximum Gasteiger partial charge on any atom is 0.231 e. The van der Waals surface area contributed by atoms with Gasteiger partial charge in [-0.1, -0.05) is 17.7 Å². The normalized spacial score (nSPS) is 18.2. The maximum absolute atomic E-state index is 5.78. The van der Waals surface area contributed by atoms with Crippen LogP contribution in [0.25, 0.3) is 5.69 Å². The van der Waals surface area contributed by atoms with E-state index in [9.17, 15) is 0 Å². The molecular weight excluding hydrogens is 358 g/mol. The lowest BCUT2D eigenvalue weighted by Crippen LogP contribution is -2.35. The van der Waals surface area contributed by atoms with E-state index in [4.69, 9.17) is 14.2 Å². The minimum atomic E-state index is -0.162. The van der Waals surface area contributed by atoms with Crippen molar-refractivity contribution in [3.63, 3.8) is 0 Å². The summed E-state index contributed by atoms with van der Waals surface area (Å²) in [5.41, 5.74) is 4.31. The fraction of sp³-hybridized carbons (Fsp3) is 0.350. The van der Waals surface area contributed by atoms with Crippen molar-refractivity contribution in [3.05, 3.63) is 52.8 Å². The van der Waals surface area contributed by atoms with Crippen LogP contribution in [0.3, 0.4) is 0 Å². The molecule has 144 valence electrons. The predicted molar refractivity (Wildman–Crippen MR) is 101 cm³/mol. The number of hydrogen-bond acceptors (Lipinski definition) is 7. The van der Waals surface area contributed by atoms with Gasteiger partial charge in [-0.3, -0.25) is 4.90 Å². The van der Waals surface area contributed by atoms with Crippen molar-refractivity contribution >= 4 is 0 Å². The second kappa shape index (κ2) is 6.49. The molecule has 2 aliphatic heterocycles. The van der Waals surface area contributed by atoms with Crippen LogP contribution < -0.4 is 14.2 Å². The zero-order valence-electron chi connectivity index (χ0n) is 16.0. The molecule has 0 saturated carbocycles. The zero-order valence-corrected chi connectivity index (χ0v) is 16.0. The molecular formula is C20H21N5O3. The van der Waals surface area contributed by atoms with Gasteiger partial charge in [0.1, 0.15) is 6.04 Å². The van der Waals surface area contributed by atoms with Gasteiger partial charge in [0.2, 0.25) is 12.5 Å². The molecule has 0 aliphatic carbocycles. The molecule has 0 spiro atoms. The minimum absolute atomic E-state index is 0.162. The second-order valence-corrected chi connectivity index (χ2v) is 7.13. The molecule has 0 amide bonds. The number of nitrogens with zero attached hydrogens (tertiary/aromatic N) is 5. The Morgan fingerprint density at radius 3 is 2.79 bits per heavy atom. The molecule has 0 fully saturated rings. The summed E-state index contributed by atoms with van der Waals surface area (Å²) < 4.78 is 18.9. The van der Waals surface area contributed by atoms with Crippen LogP contribution in [0.4, 0.5) is 0 Å². The third-order valence-corrected chi connectivity index (χ3v) is 5.41. The first kappa shape index (κ1) is 17.0. The highest BCUT2D eigenvalue weighted by Crippen LogP contribution is 2.50. The van der Waals surface area contributed by atoms with E-state index in [1.165, 1.54) is 11.1 Å². The van der Waals surface area contributed by atoms with Crippen LogP contribution in [0.1, 0.15) is 28.6 Å². The Bertz CT molecular complexity index is 1030. The van der Waals surface area contributed by atoms with E-state index in [1.807, 2.05) is 12.1 Å². The Hall–Kier alpha value is -3.13. The van der Waals surface area contributed by atoms with Gasteiger partial charge < -0.3 is 14.2 Å². The van der Waals surface area contributed by atoms with E-state index in [0.717, 1.165) is 35.8 Å². The highest BCUT2D eigenvalue weighted by Gasteiger charge is 2.37. The lowest BCUT2D eigenvalue weighted by Gasteiger charge is -2.34. The largest absolute Gasteiger partial charge is 0.492 e. The predicted octanol–water partition coefficient (Wildman–Crippen LogP) is 2.29. The number of likely N-dealkylation sites (N-methyl/N-ethyl adjacent to an activating group) is 1. The van der Waals surface area contributed by atoms with Gasteiger partial charge in [0.05, 0.1) is 12.8 Å². The third kappa shape index (κ3) is 2.52. The molecule has 0 bridgehead atoms. The number of methoxy groups -OCH3 is 1. The lowest BCUT2D eigenvalue weighted by molar-refractivity contribution is 0.170. The van der Waals surface area contributed by atoms with Gasteiger partial charge >= 0.3 is 0 Å². The number of aromatic nitrogens is 4. The Morgan fingerprint density at radius 1 is 1.18 bits per heavy atom. The summed E-state index contributed by atoms with van der Waals surface area (Å²) in [7, 11) is 3.73. The van der Waals surface area contributed by atoms with Gasteiger partial charge in [-0.25, -0.2) is 0 Å². The Kier molecular flexibility index (Phi) is 3.94. The fourth-order valence-corrected chi connectivity index (χ4v) is 3.99. The van der Waals surface area contributed by atoms with Crippen molar-refractivity contribution in [3.8, 4) is 22.9 Å². The van der Waals surface area contributed by atoms with Gasteiger partial charge in [0.15, 0.2) is 17.3 Å². The molecule has 1 unspecified atom stereocenters. The Morgan fingerprint density at radius 2 is 2.00 bits per heavy atom. The molecule has 2 aromatic carbocycles. The SMILES string of the molecule is COc1c2c(cc3c1C(c1nnnn1-c1ccc(C)cc1)N(C)CC3)OCO2. The number of hydrogen-bond donors (Lipinski definition) is 0. The quantitative estimate of drug-likeness (QED) is 0.691. The van der Waals surface area contributed by atoms with Crippen molar-refractivity contribution in [1.82, 2.24) is 25.1 Å². The molecule has 2 aliphatic rings. The van der Waals surface area contributed by atoms with Crippen LogP contribution in [-0.2, 0) is 6.42 Å². The highest BCUT2D eigenvalue weighted by atomic mass is 16.7. The van der Waals surface area contributed by atoms with Gasteiger partial charge in [-0.2, -0.15) is 4.68 Å². The maximum atomic E-state index is 5.78. The molecule has 0 saturated heterocycles. The summed E-state index contributed by atoms with van der Waals surface area (Å²) in [5, 5.41) is 12.6. The van der Waals surface area contributed by atoms with Crippen molar-refractivity contribution in [2.75, 3.05) is 27.5 Å². The first-order valence-electron chi connectivity index (χ1n) is 9.22. The molecule has 1 atom stereocenters. The summed E-state index contributed by atoms with van der Waals surface area (Å²) in [6.07, 6.45) is 0.890. The lowest BCUT2D eigenvalue weighted by atomic mass is 9.90. The average Bonchev–Trinajstić information content (AvgIpc) is 3.36. The smallest absolute Gasteiger partial charge is 0.231 e. The summed E-state index contributed by atoms with van der Waals surface area (Å²) in [5.74, 6) is 2.82. The van der Waals surface area contributed by atoms with Crippen LogP contribution in [0.15, 0.2) is 30.3 Å². The van der Waals surface area contributed by atoms with Gasteiger partial charge in [-0.15, -0.1) is 5.10 Å². The summed E-state index contributed by atoms with van der Waals surface area (Å²) in [6.45, 7) is 3.14. The summed E-state index contributed by atoms with van der Waals surface area (Å²) in [6, 6.07) is 10.0. The molecule has 0 radical (unpaired) electrons. The van der Waals surface area contributed by atoms with Crippen molar-refractivity contribution in [2.45, 2.75) is 19.4 Å². The first-order valence-corrected chi connectivity index (χ1v) is 9.22. The first-order chi connectivity index (χ1) is 13.7. The van der Waals surface area contributed by atoms with Crippen LogP contribution in [0.5, 0.6) is 17.2 Å². The number of tetrazole rings is 1. The van der Waals surface area contributed by atoms with Crippen molar-refractivity contribution in [2.24, 2.45) is 0 Å². The van der Waals surface area contributed by atoms with Crippen LogP contribution in [-0.4, -0.2) is 52.6 Å². The number of rotatable bonds is 3. The minimum Gasteiger partial charge on any atom is -0.492 e. The number of aryl methyl sites for hydroxylation is 1. The van der Waals surface area contributed by atoms with E-state index < -0.39 is 0 Å². The topological polar surface area (TPSA) is 74.5 Å². The van der Waals surface area contributed by atoms with Crippen LogP contribution in [0.2, 0.25) is 0 Å². The van der Waals surface area contributed by atoms with Crippen LogP contribution >= 0.6 is 0 Å². The van der Waals surface area contributed by atoms with Gasteiger partial charge in [0.25, 0.3) is 0 Å². The number of ether oxygens (including phenoxy) is 3. The molecule has 8 heteroatoms. The van der Waals surface area contributed by atoms with E-state index in [2.05, 4.69) is 52.6 Å². The summed E-state index contributed by atoms with van der Waals surface area (Å²) >= 11 is 0. The zero-order chi connectivity index (χ0) is 19.3. The number of fused-ring (bicyclic) bond motifs is 2. The molecule has 3 heterocycles. The van der Waals surface area contributed by atoms with E-state index in [-0.39, 0.29) is 12.8 Å². The van der Waals surface area contributed by atoms with E-state index >= 15 is 0 Å². The standard InChI is InChI=1S/C20H21N5O3/c1-12-4-6-14(7-5-12)25-20(21-22-23-25)17-16-13(8-9-24(17)2)10-15-18(19(16)26-3)28-11-27-15/h4-7,10,17H,8-9,11H2,1-3H3. The summed E-state index contributed by atoms with van der Waals surface area (Å²) in [4.78, 5) is 2.24. The van der Waals surface area contributed by atoms with E-state index in [0.29, 0.717) is 11.5 Å². The second-order valence-electron chi connectivity index (χ2n) is 7.13. The fourth-order valence-electron chi connectivity index (χ4n) is 3.99. The molecule has 5 rings (SSSR count). The monoisotopic (exact) mass is 379 g/mol. The molecule has 1 aromatic heterocycles.